The Bertz CT molecular complexity index is 1430. The number of hydrogen-bond donors (Lipinski definition) is 3. The molecule has 0 bridgehead atoms. The van der Waals surface area contributed by atoms with Gasteiger partial charge in [0.1, 0.15) is 29.0 Å². The summed E-state index contributed by atoms with van der Waals surface area (Å²) in [5.74, 6) is -1.45. The summed E-state index contributed by atoms with van der Waals surface area (Å²) in [5.41, 5.74) is 18.7. The van der Waals surface area contributed by atoms with Crippen LogP contribution in [0.4, 0.5) is 20.4 Å². The minimum atomic E-state index is -0.784. The van der Waals surface area contributed by atoms with E-state index in [1.165, 1.54) is 16.8 Å². The second-order valence-corrected chi connectivity index (χ2v) is 8.73. The Morgan fingerprint density at radius 3 is 2.53 bits per heavy atom. The van der Waals surface area contributed by atoms with E-state index in [1.54, 1.807) is 25.1 Å². The molecule has 1 aliphatic rings. The lowest BCUT2D eigenvalue weighted by Crippen LogP contribution is -2.47. The van der Waals surface area contributed by atoms with Crippen LogP contribution in [0.15, 0.2) is 36.5 Å². The van der Waals surface area contributed by atoms with Gasteiger partial charge in [-0.2, -0.15) is 5.10 Å². The van der Waals surface area contributed by atoms with E-state index in [4.69, 9.17) is 17.2 Å². The SMILES string of the molecule is CC1(C(N)=O)CCC1c1c(N)nc(-c2nn(Cc3ccccc3F)c3ncc(F)cc23)nc1N. The molecule has 0 spiro atoms. The first-order valence-corrected chi connectivity index (χ1v) is 10.7. The monoisotopic (exact) mass is 464 g/mol. The lowest BCUT2D eigenvalue weighted by Gasteiger charge is -2.45. The van der Waals surface area contributed by atoms with Gasteiger partial charge in [-0.25, -0.2) is 28.4 Å². The number of nitrogens with two attached hydrogens (primary N) is 3. The quantitative estimate of drug-likeness (QED) is 0.411. The number of nitrogens with zero attached hydrogens (tertiary/aromatic N) is 5. The van der Waals surface area contributed by atoms with Gasteiger partial charge in [-0.05, 0) is 25.0 Å². The van der Waals surface area contributed by atoms with Gasteiger partial charge in [0.25, 0.3) is 0 Å². The van der Waals surface area contributed by atoms with Crippen molar-refractivity contribution >= 4 is 28.6 Å². The van der Waals surface area contributed by atoms with Gasteiger partial charge >= 0.3 is 0 Å². The van der Waals surface area contributed by atoms with Crippen molar-refractivity contribution in [2.24, 2.45) is 11.1 Å². The normalized spacial score (nSPS) is 19.8. The summed E-state index contributed by atoms with van der Waals surface area (Å²) >= 11 is 0. The highest BCUT2D eigenvalue weighted by Crippen LogP contribution is 2.54. The molecule has 4 aromatic rings. The predicted octanol–water partition coefficient (Wildman–Crippen LogP) is 2.75. The van der Waals surface area contributed by atoms with Gasteiger partial charge in [0, 0.05) is 17.0 Å². The summed E-state index contributed by atoms with van der Waals surface area (Å²) in [6.07, 6.45) is 2.34. The summed E-state index contributed by atoms with van der Waals surface area (Å²) in [7, 11) is 0. The molecule has 2 unspecified atom stereocenters. The molecular weight excluding hydrogens is 442 g/mol. The van der Waals surface area contributed by atoms with Crippen LogP contribution in [0.25, 0.3) is 22.6 Å². The molecule has 34 heavy (non-hydrogen) atoms. The number of aromatic nitrogens is 5. The van der Waals surface area contributed by atoms with Crippen molar-refractivity contribution in [3.8, 4) is 11.5 Å². The number of amides is 1. The topological polar surface area (TPSA) is 152 Å². The third-order valence-electron chi connectivity index (χ3n) is 6.68. The first kappa shape index (κ1) is 21.7. The number of anilines is 2. The number of halogens is 2. The number of nitrogen functional groups attached to an aromatic ring is 2. The highest BCUT2D eigenvalue weighted by Gasteiger charge is 2.50. The van der Waals surface area contributed by atoms with Crippen molar-refractivity contribution in [3.05, 3.63) is 59.3 Å². The van der Waals surface area contributed by atoms with Crippen LogP contribution in [0.1, 0.15) is 36.8 Å². The molecule has 2 atom stereocenters. The van der Waals surface area contributed by atoms with Gasteiger partial charge in [0.15, 0.2) is 11.5 Å². The minimum Gasteiger partial charge on any atom is -0.383 e. The summed E-state index contributed by atoms with van der Waals surface area (Å²) in [6.45, 7) is 1.83. The Kier molecular flexibility index (Phi) is 4.92. The number of rotatable bonds is 5. The molecule has 9 nitrogen and oxygen atoms in total. The fraction of sp³-hybridized carbons (Fsp3) is 0.261. The molecule has 1 aliphatic carbocycles. The maximum atomic E-state index is 14.2. The molecule has 1 fully saturated rings. The molecule has 1 saturated carbocycles. The first-order chi connectivity index (χ1) is 16.2. The van der Waals surface area contributed by atoms with E-state index < -0.39 is 23.0 Å². The highest BCUT2D eigenvalue weighted by molar-refractivity contribution is 5.90. The Morgan fingerprint density at radius 1 is 1.21 bits per heavy atom. The van der Waals surface area contributed by atoms with E-state index in [9.17, 15) is 13.6 Å². The Morgan fingerprint density at radius 2 is 1.91 bits per heavy atom. The van der Waals surface area contributed by atoms with Crippen LogP contribution >= 0.6 is 0 Å². The van der Waals surface area contributed by atoms with Crippen LogP contribution in [0.2, 0.25) is 0 Å². The molecule has 0 aliphatic heterocycles. The van der Waals surface area contributed by atoms with Gasteiger partial charge in [0.2, 0.25) is 5.91 Å². The van der Waals surface area contributed by atoms with E-state index in [0.717, 1.165) is 6.20 Å². The zero-order valence-corrected chi connectivity index (χ0v) is 18.3. The largest absolute Gasteiger partial charge is 0.383 e. The van der Waals surface area contributed by atoms with Gasteiger partial charge in [-0.3, -0.25) is 4.79 Å². The van der Waals surface area contributed by atoms with Crippen LogP contribution in [0, 0.1) is 17.0 Å². The molecule has 3 aromatic heterocycles. The van der Waals surface area contributed by atoms with Crippen LogP contribution in [-0.4, -0.2) is 30.6 Å². The molecule has 3 heterocycles. The van der Waals surface area contributed by atoms with E-state index in [2.05, 4.69) is 20.1 Å². The molecule has 5 rings (SSSR count). The predicted molar refractivity (Wildman–Crippen MR) is 122 cm³/mol. The number of primary amides is 1. The van der Waals surface area contributed by atoms with Crippen molar-refractivity contribution in [2.75, 3.05) is 11.5 Å². The molecule has 174 valence electrons. The molecular formula is C23H22F2N8O. The third-order valence-corrected chi connectivity index (χ3v) is 6.68. The maximum absolute atomic E-state index is 14.2. The lowest BCUT2D eigenvalue weighted by atomic mass is 9.58. The Balaban J connectivity index is 1.62. The zero-order chi connectivity index (χ0) is 24.2. The maximum Gasteiger partial charge on any atom is 0.223 e. The van der Waals surface area contributed by atoms with Crippen LogP contribution in [0.3, 0.4) is 0 Å². The van der Waals surface area contributed by atoms with Crippen molar-refractivity contribution in [1.29, 1.82) is 0 Å². The Hall–Kier alpha value is -4.15. The second-order valence-electron chi connectivity index (χ2n) is 8.73. The lowest BCUT2D eigenvalue weighted by molar-refractivity contribution is -0.132. The summed E-state index contributed by atoms with van der Waals surface area (Å²) < 4.78 is 29.8. The Labute approximate surface area is 193 Å². The van der Waals surface area contributed by atoms with Crippen molar-refractivity contribution in [3.63, 3.8) is 0 Å². The fourth-order valence-electron chi connectivity index (χ4n) is 4.54. The van der Waals surface area contributed by atoms with Gasteiger partial charge in [0.05, 0.1) is 23.5 Å². The summed E-state index contributed by atoms with van der Waals surface area (Å²) in [4.78, 5) is 24.9. The fourth-order valence-corrected chi connectivity index (χ4v) is 4.54. The van der Waals surface area contributed by atoms with E-state index in [1.807, 2.05) is 0 Å². The highest BCUT2D eigenvalue weighted by atomic mass is 19.1. The summed E-state index contributed by atoms with van der Waals surface area (Å²) in [5, 5.41) is 4.82. The number of pyridine rings is 1. The van der Waals surface area contributed by atoms with Gasteiger partial charge in [-0.15, -0.1) is 0 Å². The number of benzene rings is 1. The molecule has 1 aromatic carbocycles. The van der Waals surface area contributed by atoms with E-state index in [-0.39, 0.29) is 35.6 Å². The zero-order valence-electron chi connectivity index (χ0n) is 18.3. The number of hydrogen-bond acceptors (Lipinski definition) is 7. The molecule has 0 saturated heterocycles. The average Bonchev–Trinajstić information content (AvgIpc) is 3.13. The number of carbonyl (C=O) groups excluding carboxylic acids is 1. The number of carbonyl (C=O) groups is 1. The van der Waals surface area contributed by atoms with Crippen molar-refractivity contribution in [1.82, 2.24) is 24.7 Å². The molecule has 6 N–H and O–H groups in total. The minimum absolute atomic E-state index is 0.0594. The standard InChI is InChI=1S/C23H22F2N8O/c1-23(22(28)34)7-6-14(23)16-18(26)30-20(31-19(16)27)17-13-8-12(24)9-29-21(13)33(32-17)10-11-4-2-3-5-15(11)25/h2-5,8-9,14H,6-7,10H2,1H3,(H2,28,34)(H4,26,27,30,31). The first-order valence-electron chi connectivity index (χ1n) is 10.7. The second kappa shape index (κ2) is 7.72. The molecule has 1 amide bonds. The van der Waals surface area contributed by atoms with Gasteiger partial charge < -0.3 is 17.2 Å². The van der Waals surface area contributed by atoms with Crippen molar-refractivity contribution in [2.45, 2.75) is 32.2 Å². The van der Waals surface area contributed by atoms with Crippen LogP contribution < -0.4 is 17.2 Å². The third kappa shape index (κ3) is 3.31. The van der Waals surface area contributed by atoms with Crippen molar-refractivity contribution < 1.29 is 13.6 Å². The summed E-state index contributed by atoms with van der Waals surface area (Å²) in [6, 6.07) is 7.52. The number of fused-ring (bicyclic) bond motifs is 1. The van der Waals surface area contributed by atoms with Crippen LogP contribution in [-0.2, 0) is 11.3 Å². The molecule has 0 radical (unpaired) electrons. The smallest absolute Gasteiger partial charge is 0.223 e. The average molecular weight is 464 g/mol. The molecule has 11 heteroatoms. The van der Waals surface area contributed by atoms with E-state index in [0.29, 0.717) is 35.0 Å². The van der Waals surface area contributed by atoms with Crippen LogP contribution in [0.5, 0.6) is 0 Å². The van der Waals surface area contributed by atoms with E-state index >= 15 is 0 Å². The van der Waals surface area contributed by atoms with Gasteiger partial charge in [-0.1, -0.05) is 25.1 Å².